The lowest BCUT2D eigenvalue weighted by molar-refractivity contribution is 0.261. The van der Waals surface area contributed by atoms with Crippen LogP contribution in [0.1, 0.15) is 46.4 Å². The lowest BCUT2D eigenvalue weighted by atomic mass is 10.2. The van der Waals surface area contributed by atoms with Crippen molar-refractivity contribution in [2.75, 3.05) is 19.8 Å². The van der Waals surface area contributed by atoms with Crippen molar-refractivity contribution in [3.8, 4) is 27.8 Å². The van der Waals surface area contributed by atoms with Crippen LogP contribution in [0.25, 0.3) is 15.5 Å². The summed E-state index contributed by atoms with van der Waals surface area (Å²) in [6.45, 7) is 11.6. The van der Waals surface area contributed by atoms with E-state index in [1.165, 1.54) is 11.3 Å². The van der Waals surface area contributed by atoms with Gasteiger partial charge in [0.1, 0.15) is 5.01 Å². The number of hydrogen-bond donors (Lipinski definition) is 0. The largest absolute Gasteiger partial charge is 0.490 e. The van der Waals surface area contributed by atoms with E-state index in [4.69, 9.17) is 19.3 Å². The van der Waals surface area contributed by atoms with E-state index in [1.807, 2.05) is 37.4 Å². The maximum atomic E-state index is 5.79. The smallest absolute Gasteiger partial charge is 0.234 e. The van der Waals surface area contributed by atoms with Gasteiger partial charge in [0.15, 0.2) is 17.3 Å². The normalized spacial score (nSPS) is 11.3. The van der Waals surface area contributed by atoms with Gasteiger partial charge in [0.25, 0.3) is 0 Å². The Bertz CT molecular complexity index is 861. The van der Waals surface area contributed by atoms with Gasteiger partial charge in [-0.3, -0.25) is 0 Å². The summed E-state index contributed by atoms with van der Waals surface area (Å²) in [6.07, 6.45) is 0. The first kappa shape index (κ1) is 18.4. The quantitative estimate of drug-likeness (QED) is 0.587. The van der Waals surface area contributed by atoms with Crippen molar-refractivity contribution in [2.24, 2.45) is 0 Å². The van der Waals surface area contributed by atoms with Crippen molar-refractivity contribution in [3.63, 3.8) is 0 Å². The first-order valence-electron chi connectivity index (χ1n) is 8.87. The second-order valence-electron chi connectivity index (χ2n) is 5.92. The van der Waals surface area contributed by atoms with Crippen molar-refractivity contribution in [2.45, 2.75) is 40.5 Å². The summed E-state index contributed by atoms with van der Waals surface area (Å²) in [4.78, 5) is 0.772. The molecule has 26 heavy (non-hydrogen) atoms. The highest BCUT2D eigenvalue weighted by Crippen LogP contribution is 2.42. The minimum absolute atomic E-state index is 0.248. The molecule has 0 bridgehead atoms. The van der Waals surface area contributed by atoms with Gasteiger partial charge in [0, 0.05) is 11.5 Å². The van der Waals surface area contributed by atoms with Crippen LogP contribution in [0.5, 0.6) is 17.2 Å². The second-order valence-corrected chi connectivity index (χ2v) is 6.87. The number of ether oxygens (including phenoxy) is 3. The van der Waals surface area contributed by atoms with E-state index in [9.17, 15) is 0 Å². The highest BCUT2D eigenvalue weighted by molar-refractivity contribution is 7.19. The standard InChI is InChI=1S/C18H24N4O3S/c1-6-23-13-9-12(10-14(24-7-2)15(13)25-8-3)17-21-22-16(11(4)5)19-20-18(22)26-17/h9-11H,6-8H2,1-5H3. The highest BCUT2D eigenvalue weighted by atomic mass is 32.1. The summed E-state index contributed by atoms with van der Waals surface area (Å²) in [5.74, 6) is 3.04. The molecule has 0 N–H and O–H groups in total. The summed E-state index contributed by atoms with van der Waals surface area (Å²) in [5, 5.41) is 14.0. The third-order valence-corrected chi connectivity index (χ3v) is 4.64. The Hall–Kier alpha value is -2.35. The fourth-order valence-corrected chi connectivity index (χ4v) is 3.45. The zero-order valence-electron chi connectivity index (χ0n) is 15.8. The van der Waals surface area contributed by atoms with E-state index in [0.29, 0.717) is 37.1 Å². The zero-order valence-corrected chi connectivity index (χ0v) is 16.6. The molecule has 2 aromatic heterocycles. The summed E-state index contributed by atoms with van der Waals surface area (Å²) in [6, 6.07) is 3.88. The van der Waals surface area contributed by atoms with Crippen LogP contribution in [-0.2, 0) is 0 Å². The third-order valence-electron chi connectivity index (χ3n) is 3.69. The van der Waals surface area contributed by atoms with E-state index >= 15 is 0 Å². The summed E-state index contributed by atoms with van der Waals surface area (Å²) < 4.78 is 19.2. The van der Waals surface area contributed by atoms with Gasteiger partial charge in [0.2, 0.25) is 10.7 Å². The first-order chi connectivity index (χ1) is 12.6. The minimum Gasteiger partial charge on any atom is -0.490 e. The molecule has 0 aliphatic rings. The van der Waals surface area contributed by atoms with Crippen LogP contribution in [0.2, 0.25) is 0 Å². The van der Waals surface area contributed by atoms with Gasteiger partial charge in [-0.1, -0.05) is 25.2 Å². The fraction of sp³-hybridized carbons (Fsp3) is 0.500. The molecule has 1 aromatic carbocycles. The predicted octanol–water partition coefficient (Wildman–Crippen LogP) is 4.17. The zero-order chi connectivity index (χ0) is 18.7. The van der Waals surface area contributed by atoms with Crippen LogP contribution in [-0.4, -0.2) is 39.6 Å². The summed E-state index contributed by atoms with van der Waals surface area (Å²) in [5.41, 5.74) is 0.908. The van der Waals surface area contributed by atoms with Gasteiger partial charge in [-0.25, -0.2) is 0 Å². The number of fused-ring (bicyclic) bond motifs is 1. The van der Waals surface area contributed by atoms with Crippen molar-refractivity contribution in [3.05, 3.63) is 18.0 Å². The molecule has 8 heteroatoms. The molecule has 0 unspecified atom stereocenters. The Morgan fingerprint density at radius 3 is 2.12 bits per heavy atom. The molecule has 0 saturated carbocycles. The Balaban J connectivity index is 2.11. The van der Waals surface area contributed by atoms with Crippen molar-refractivity contribution in [1.29, 1.82) is 0 Å². The molecule has 140 valence electrons. The molecule has 0 radical (unpaired) electrons. The maximum absolute atomic E-state index is 5.79. The Morgan fingerprint density at radius 2 is 1.58 bits per heavy atom. The van der Waals surface area contributed by atoms with Crippen molar-refractivity contribution >= 4 is 16.3 Å². The molecule has 0 atom stereocenters. The van der Waals surface area contributed by atoms with Crippen LogP contribution in [0, 0.1) is 0 Å². The van der Waals surface area contributed by atoms with E-state index in [2.05, 4.69) is 24.0 Å². The van der Waals surface area contributed by atoms with Crippen molar-refractivity contribution < 1.29 is 14.2 Å². The van der Waals surface area contributed by atoms with Crippen LogP contribution in [0.15, 0.2) is 12.1 Å². The lowest BCUT2D eigenvalue weighted by Gasteiger charge is -2.16. The van der Waals surface area contributed by atoms with Crippen LogP contribution in [0.4, 0.5) is 0 Å². The summed E-state index contributed by atoms with van der Waals surface area (Å²) in [7, 11) is 0. The Labute approximate surface area is 156 Å². The van der Waals surface area contributed by atoms with E-state index in [1.54, 1.807) is 0 Å². The Kier molecular flexibility index (Phi) is 5.61. The number of aromatic nitrogens is 4. The average Bonchev–Trinajstić information content (AvgIpc) is 3.18. The Morgan fingerprint density at radius 1 is 0.962 bits per heavy atom. The monoisotopic (exact) mass is 376 g/mol. The molecule has 0 saturated heterocycles. The van der Waals surface area contributed by atoms with Gasteiger partial charge < -0.3 is 14.2 Å². The maximum Gasteiger partial charge on any atom is 0.234 e. The third kappa shape index (κ3) is 3.46. The molecule has 0 spiro atoms. The first-order valence-corrected chi connectivity index (χ1v) is 9.69. The highest BCUT2D eigenvalue weighted by Gasteiger charge is 2.20. The van der Waals surface area contributed by atoms with Gasteiger partial charge in [-0.05, 0) is 32.9 Å². The van der Waals surface area contributed by atoms with Gasteiger partial charge >= 0.3 is 0 Å². The van der Waals surface area contributed by atoms with Crippen molar-refractivity contribution in [1.82, 2.24) is 19.8 Å². The minimum atomic E-state index is 0.248. The van der Waals surface area contributed by atoms with Crippen LogP contribution < -0.4 is 14.2 Å². The lowest BCUT2D eigenvalue weighted by Crippen LogP contribution is -2.03. The molecule has 2 heterocycles. The predicted molar refractivity (Wildman–Crippen MR) is 102 cm³/mol. The molecule has 7 nitrogen and oxygen atoms in total. The van der Waals surface area contributed by atoms with Gasteiger partial charge in [0.05, 0.1) is 19.8 Å². The van der Waals surface area contributed by atoms with E-state index in [0.717, 1.165) is 21.4 Å². The summed E-state index contributed by atoms with van der Waals surface area (Å²) >= 11 is 1.49. The molecule has 0 fully saturated rings. The number of benzene rings is 1. The average molecular weight is 376 g/mol. The van der Waals surface area contributed by atoms with E-state index in [-0.39, 0.29) is 5.92 Å². The number of nitrogens with zero attached hydrogens (tertiary/aromatic N) is 4. The molecular weight excluding hydrogens is 352 g/mol. The van der Waals surface area contributed by atoms with E-state index < -0.39 is 0 Å². The van der Waals surface area contributed by atoms with Gasteiger partial charge in [-0.2, -0.15) is 9.61 Å². The second kappa shape index (κ2) is 7.90. The molecule has 0 amide bonds. The topological polar surface area (TPSA) is 70.8 Å². The number of hydrogen-bond acceptors (Lipinski definition) is 7. The molecule has 0 aliphatic heterocycles. The fourth-order valence-electron chi connectivity index (χ4n) is 2.62. The van der Waals surface area contributed by atoms with Crippen LogP contribution in [0.3, 0.4) is 0 Å². The van der Waals surface area contributed by atoms with Crippen LogP contribution >= 0.6 is 11.3 Å². The molecule has 3 rings (SSSR count). The molecule has 3 aromatic rings. The van der Waals surface area contributed by atoms with Gasteiger partial charge in [-0.15, -0.1) is 10.2 Å². The molecule has 0 aliphatic carbocycles. The molecular formula is C18H24N4O3S. The SMILES string of the molecule is CCOc1cc(-c2nn3c(C(C)C)nnc3s2)cc(OCC)c1OCC. The number of rotatable bonds is 8.